The highest BCUT2D eigenvalue weighted by Gasteiger charge is 2.12. The third-order valence-electron chi connectivity index (χ3n) is 3.28. The van der Waals surface area contributed by atoms with E-state index in [9.17, 15) is 5.11 Å². The Bertz CT molecular complexity index is 656. The highest BCUT2D eigenvalue weighted by Crippen LogP contribution is 2.26. The Balaban J connectivity index is 1.83. The van der Waals surface area contributed by atoms with Crippen LogP contribution >= 0.6 is 0 Å². The zero-order valence-corrected chi connectivity index (χ0v) is 10.5. The number of pyridine rings is 1. The lowest BCUT2D eigenvalue weighted by molar-refractivity contribution is 0.167. The van der Waals surface area contributed by atoms with Gasteiger partial charge in [-0.25, -0.2) is 0 Å². The van der Waals surface area contributed by atoms with Gasteiger partial charge in [-0.1, -0.05) is 18.2 Å². The number of fused-ring (bicyclic) bond motifs is 1. The summed E-state index contributed by atoms with van der Waals surface area (Å²) in [5.41, 5.74) is 1.84. The molecule has 0 bridgehead atoms. The van der Waals surface area contributed by atoms with Crippen molar-refractivity contribution in [1.29, 1.82) is 0 Å². The first-order valence-corrected chi connectivity index (χ1v) is 6.39. The monoisotopic (exact) mass is 253 g/mol. The molecule has 0 aliphatic rings. The van der Waals surface area contributed by atoms with Crippen molar-refractivity contribution in [2.45, 2.75) is 18.9 Å². The van der Waals surface area contributed by atoms with Crippen molar-refractivity contribution in [1.82, 2.24) is 4.98 Å². The van der Waals surface area contributed by atoms with Crippen LogP contribution in [0.2, 0.25) is 0 Å². The molecule has 3 nitrogen and oxygen atoms in total. The first-order chi connectivity index (χ1) is 9.34. The SMILES string of the molecule is OC(CCc1ccco1)c1cccc2ncccc12. The summed E-state index contributed by atoms with van der Waals surface area (Å²) in [6.07, 6.45) is 4.29. The van der Waals surface area contributed by atoms with Crippen LogP contribution in [0.3, 0.4) is 0 Å². The molecule has 0 aliphatic carbocycles. The van der Waals surface area contributed by atoms with Crippen LogP contribution in [0.1, 0.15) is 23.8 Å². The normalized spacial score (nSPS) is 12.7. The Kier molecular flexibility index (Phi) is 3.29. The molecule has 0 fully saturated rings. The molecule has 1 N–H and O–H groups in total. The van der Waals surface area contributed by atoms with Crippen molar-refractivity contribution in [2.24, 2.45) is 0 Å². The fourth-order valence-electron chi connectivity index (χ4n) is 2.31. The van der Waals surface area contributed by atoms with Crippen molar-refractivity contribution < 1.29 is 9.52 Å². The summed E-state index contributed by atoms with van der Waals surface area (Å²) in [7, 11) is 0. The van der Waals surface area contributed by atoms with Crippen LogP contribution in [0.4, 0.5) is 0 Å². The Morgan fingerprint density at radius 1 is 1.11 bits per heavy atom. The first-order valence-electron chi connectivity index (χ1n) is 6.39. The summed E-state index contributed by atoms with van der Waals surface area (Å²) in [4.78, 5) is 4.30. The molecule has 96 valence electrons. The van der Waals surface area contributed by atoms with E-state index in [1.807, 2.05) is 42.5 Å². The molecular weight excluding hydrogens is 238 g/mol. The van der Waals surface area contributed by atoms with E-state index in [1.165, 1.54) is 0 Å². The molecule has 3 heteroatoms. The topological polar surface area (TPSA) is 46.3 Å². The lowest BCUT2D eigenvalue weighted by atomic mass is 9.99. The maximum atomic E-state index is 10.3. The van der Waals surface area contributed by atoms with Gasteiger partial charge in [0.05, 0.1) is 17.9 Å². The van der Waals surface area contributed by atoms with E-state index in [0.717, 1.165) is 28.6 Å². The van der Waals surface area contributed by atoms with Crippen LogP contribution in [-0.4, -0.2) is 10.1 Å². The van der Waals surface area contributed by atoms with Gasteiger partial charge in [-0.15, -0.1) is 0 Å². The minimum absolute atomic E-state index is 0.502. The predicted molar refractivity (Wildman–Crippen MR) is 73.7 cm³/mol. The summed E-state index contributed by atoms with van der Waals surface area (Å²) < 4.78 is 5.28. The van der Waals surface area contributed by atoms with Gasteiger partial charge >= 0.3 is 0 Å². The first kappa shape index (κ1) is 11.9. The number of aryl methyl sites for hydroxylation is 1. The van der Waals surface area contributed by atoms with E-state index < -0.39 is 6.10 Å². The molecule has 0 saturated heterocycles. The predicted octanol–water partition coefficient (Wildman–Crippen LogP) is 3.49. The van der Waals surface area contributed by atoms with Crippen molar-refractivity contribution in [3.05, 3.63) is 66.2 Å². The molecule has 1 atom stereocenters. The third-order valence-corrected chi connectivity index (χ3v) is 3.28. The van der Waals surface area contributed by atoms with Crippen molar-refractivity contribution in [3.63, 3.8) is 0 Å². The van der Waals surface area contributed by atoms with E-state index >= 15 is 0 Å². The van der Waals surface area contributed by atoms with Crippen LogP contribution in [0, 0.1) is 0 Å². The number of benzene rings is 1. The Morgan fingerprint density at radius 3 is 2.89 bits per heavy atom. The maximum absolute atomic E-state index is 10.3. The number of hydrogen-bond acceptors (Lipinski definition) is 3. The second kappa shape index (κ2) is 5.24. The van der Waals surface area contributed by atoms with E-state index in [1.54, 1.807) is 12.5 Å². The molecule has 3 aromatic rings. The number of aromatic nitrogens is 1. The Labute approximate surface area is 111 Å². The minimum atomic E-state index is -0.502. The fourth-order valence-corrected chi connectivity index (χ4v) is 2.31. The highest BCUT2D eigenvalue weighted by atomic mass is 16.3. The molecule has 0 radical (unpaired) electrons. The quantitative estimate of drug-likeness (QED) is 0.774. The summed E-state index contributed by atoms with van der Waals surface area (Å²) >= 11 is 0. The van der Waals surface area contributed by atoms with Gasteiger partial charge in [0.25, 0.3) is 0 Å². The van der Waals surface area contributed by atoms with Gasteiger partial charge in [-0.05, 0) is 36.2 Å². The zero-order chi connectivity index (χ0) is 13.1. The van der Waals surface area contributed by atoms with Gasteiger partial charge in [-0.2, -0.15) is 0 Å². The Hall–Kier alpha value is -2.13. The van der Waals surface area contributed by atoms with Crippen LogP contribution in [0.15, 0.2) is 59.3 Å². The van der Waals surface area contributed by atoms with E-state index in [4.69, 9.17) is 4.42 Å². The molecule has 3 rings (SSSR count). The standard InChI is InChI=1S/C16H15NO2/c18-16(9-8-12-4-3-11-19-12)14-5-1-7-15-13(14)6-2-10-17-15/h1-7,10-11,16,18H,8-9H2. The molecule has 0 amide bonds. The molecule has 2 aromatic heterocycles. The largest absolute Gasteiger partial charge is 0.469 e. The average Bonchev–Trinajstić information content (AvgIpc) is 2.97. The molecule has 2 heterocycles. The number of furan rings is 1. The number of nitrogens with zero attached hydrogens (tertiary/aromatic N) is 1. The van der Waals surface area contributed by atoms with E-state index in [2.05, 4.69) is 4.98 Å². The highest BCUT2D eigenvalue weighted by molar-refractivity contribution is 5.82. The van der Waals surface area contributed by atoms with Gasteiger partial charge in [0, 0.05) is 18.0 Å². The van der Waals surface area contributed by atoms with Crippen molar-refractivity contribution in [3.8, 4) is 0 Å². The smallest absolute Gasteiger partial charge is 0.103 e. The lowest BCUT2D eigenvalue weighted by Gasteiger charge is -2.12. The molecule has 0 aliphatic heterocycles. The van der Waals surface area contributed by atoms with Crippen molar-refractivity contribution >= 4 is 10.9 Å². The maximum Gasteiger partial charge on any atom is 0.103 e. The minimum Gasteiger partial charge on any atom is -0.469 e. The number of aliphatic hydroxyl groups excluding tert-OH is 1. The van der Waals surface area contributed by atoms with Gasteiger partial charge in [0.1, 0.15) is 5.76 Å². The van der Waals surface area contributed by atoms with Gasteiger partial charge in [-0.3, -0.25) is 4.98 Å². The van der Waals surface area contributed by atoms with Crippen LogP contribution in [0.25, 0.3) is 10.9 Å². The Morgan fingerprint density at radius 2 is 2.05 bits per heavy atom. The van der Waals surface area contributed by atoms with E-state index in [-0.39, 0.29) is 0 Å². The summed E-state index contributed by atoms with van der Waals surface area (Å²) in [5.74, 6) is 0.900. The summed E-state index contributed by atoms with van der Waals surface area (Å²) in [6.45, 7) is 0. The van der Waals surface area contributed by atoms with Crippen LogP contribution in [0.5, 0.6) is 0 Å². The van der Waals surface area contributed by atoms with Gasteiger partial charge in [0.15, 0.2) is 0 Å². The third kappa shape index (κ3) is 2.51. The van der Waals surface area contributed by atoms with E-state index in [0.29, 0.717) is 6.42 Å². The lowest BCUT2D eigenvalue weighted by Crippen LogP contribution is -2.00. The average molecular weight is 253 g/mol. The summed E-state index contributed by atoms with van der Waals surface area (Å²) in [6, 6.07) is 13.5. The molecule has 0 spiro atoms. The van der Waals surface area contributed by atoms with Crippen LogP contribution < -0.4 is 0 Å². The van der Waals surface area contributed by atoms with Gasteiger partial charge < -0.3 is 9.52 Å². The second-order valence-corrected chi connectivity index (χ2v) is 4.55. The summed E-state index contributed by atoms with van der Waals surface area (Å²) in [5, 5.41) is 11.4. The molecule has 0 saturated carbocycles. The number of hydrogen-bond donors (Lipinski definition) is 1. The molecule has 1 unspecified atom stereocenters. The molecule has 19 heavy (non-hydrogen) atoms. The van der Waals surface area contributed by atoms with Crippen molar-refractivity contribution in [2.75, 3.05) is 0 Å². The number of rotatable bonds is 4. The second-order valence-electron chi connectivity index (χ2n) is 4.55. The fraction of sp³-hybridized carbons (Fsp3) is 0.188. The number of aliphatic hydroxyl groups is 1. The van der Waals surface area contributed by atoms with Gasteiger partial charge in [0.2, 0.25) is 0 Å². The molecule has 1 aromatic carbocycles. The molecular formula is C16H15NO2. The van der Waals surface area contributed by atoms with Crippen LogP contribution in [-0.2, 0) is 6.42 Å². The zero-order valence-electron chi connectivity index (χ0n) is 10.5.